The number of hydrogen-bond donors (Lipinski definition) is 3. The summed E-state index contributed by atoms with van der Waals surface area (Å²) in [5.41, 5.74) is 0. The normalized spacial score (nSPS) is 18.2. The first-order chi connectivity index (χ1) is 38.6. The Hall–Kier alpha value is -3.58. The third kappa shape index (κ3) is 44.7. The first kappa shape index (κ1) is 73.4. The number of carbonyl (C=O) groups is 4. The highest BCUT2D eigenvalue weighted by Crippen LogP contribution is 2.27. The predicted molar refractivity (Wildman–Crippen MR) is 322 cm³/mol. The summed E-state index contributed by atoms with van der Waals surface area (Å²) in [6.45, 7) is 5.95. The lowest BCUT2D eigenvalue weighted by atomic mass is 9.98. The third-order valence-corrected chi connectivity index (χ3v) is 14.5. The lowest BCUT2D eigenvalue weighted by Crippen LogP contribution is -2.61. The van der Waals surface area contributed by atoms with Crippen molar-refractivity contribution in [1.82, 2.24) is 0 Å². The van der Waals surface area contributed by atoms with Gasteiger partial charge in [0, 0.05) is 19.3 Å². The number of carbonyl (C=O) groups excluding carboxylic acids is 3. The van der Waals surface area contributed by atoms with Gasteiger partial charge in [-0.1, -0.05) is 223 Å². The highest BCUT2D eigenvalue weighted by atomic mass is 16.7. The van der Waals surface area contributed by atoms with Gasteiger partial charge in [0.1, 0.15) is 18.8 Å². The van der Waals surface area contributed by atoms with Gasteiger partial charge in [0.15, 0.2) is 24.6 Å². The second-order valence-electron chi connectivity index (χ2n) is 22.0. The van der Waals surface area contributed by atoms with Gasteiger partial charge in [-0.15, -0.1) is 0 Å². The van der Waals surface area contributed by atoms with Gasteiger partial charge < -0.3 is 39.0 Å². The van der Waals surface area contributed by atoms with Crippen LogP contribution in [0.25, 0.3) is 0 Å². The van der Waals surface area contributed by atoms with Crippen molar-refractivity contribution in [3.05, 3.63) is 60.8 Å². The molecule has 0 aliphatic carbocycles. The summed E-state index contributed by atoms with van der Waals surface area (Å²) < 4.78 is 28.5. The number of carboxylic acids is 1. The Balaban J connectivity index is 2.67. The lowest BCUT2D eigenvalue weighted by molar-refractivity contribution is -0.301. The second-order valence-corrected chi connectivity index (χ2v) is 22.0. The Morgan fingerprint density at radius 2 is 0.759 bits per heavy atom. The molecule has 1 aliphatic heterocycles. The maximum absolute atomic E-state index is 13.2. The SMILES string of the molecule is CCCCC/C=C\C/C=C\CCCCCCCCCCCC(=O)OCC(COC1OC(C(=O)O)C(O)C(O)C1OC(=O)CCCCCCC/C=C\C/C=C\CCCCC)OC(=O)CCCCCCC/C=C\CCCCCCCC. The molecule has 0 aromatic carbocycles. The van der Waals surface area contributed by atoms with E-state index in [-0.39, 0.29) is 25.9 Å². The minimum Gasteiger partial charge on any atom is -0.479 e. The average molecular weight is 1110 g/mol. The van der Waals surface area contributed by atoms with Crippen LogP contribution < -0.4 is 0 Å². The maximum Gasteiger partial charge on any atom is 0.335 e. The minimum atomic E-state index is -1.91. The summed E-state index contributed by atoms with van der Waals surface area (Å²) in [5, 5.41) is 31.6. The number of unbranched alkanes of at least 4 members (excludes halogenated alkanes) is 31. The molecular weight excluding hydrogens is 997 g/mol. The zero-order valence-electron chi connectivity index (χ0n) is 50.4. The van der Waals surface area contributed by atoms with Crippen LogP contribution in [0.1, 0.15) is 290 Å². The Morgan fingerprint density at radius 3 is 1.18 bits per heavy atom. The van der Waals surface area contributed by atoms with Crippen LogP contribution in [0.2, 0.25) is 0 Å². The molecule has 3 N–H and O–H groups in total. The van der Waals surface area contributed by atoms with Crippen molar-refractivity contribution >= 4 is 23.9 Å². The van der Waals surface area contributed by atoms with Crippen LogP contribution in [-0.4, -0.2) is 89.2 Å². The molecule has 0 bridgehead atoms. The van der Waals surface area contributed by atoms with Gasteiger partial charge in [-0.3, -0.25) is 14.4 Å². The number of aliphatic hydroxyl groups excluding tert-OH is 2. The Labute approximate surface area is 481 Å². The Kier molecular flexibility index (Phi) is 51.1. The molecule has 6 atom stereocenters. The summed E-state index contributed by atoms with van der Waals surface area (Å²) in [6.07, 6.45) is 56.0. The van der Waals surface area contributed by atoms with E-state index < -0.39 is 67.3 Å². The molecule has 456 valence electrons. The van der Waals surface area contributed by atoms with Crippen LogP contribution in [0.4, 0.5) is 0 Å². The largest absolute Gasteiger partial charge is 0.479 e. The molecule has 0 aromatic heterocycles. The average Bonchev–Trinajstić information content (AvgIpc) is 3.46. The molecule has 1 aliphatic rings. The van der Waals surface area contributed by atoms with Crippen molar-refractivity contribution in [2.45, 2.75) is 327 Å². The van der Waals surface area contributed by atoms with Gasteiger partial charge in [-0.05, 0) is 109 Å². The van der Waals surface area contributed by atoms with E-state index in [1.807, 2.05) is 0 Å². The fourth-order valence-corrected chi connectivity index (χ4v) is 9.54. The molecular formula is C67H116O12. The Morgan fingerprint density at radius 1 is 0.418 bits per heavy atom. The van der Waals surface area contributed by atoms with E-state index in [4.69, 9.17) is 23.7 Å². The number of aliphatic hydroxyl groups is 2. The van der Waals surface area contributed by atoms with E-state index >= 15 is 0 Å². The first-order valence-corrected chi connectivity index (χ1v) is 32.3. The quantitative estimate of drug-likeness (QED) is 0.0228. The van der Waals surface area contributed by atoms with Crippen molar-refractivity contribution in [2.75, 3.05) is 13.2 Å². The van der Waals surface area contributed by atoms with Gasteiger partial charge in [0.25, 0.3) is 0 Å². The highest BCUT2D eigenvalue weighted by molar-refractivity contribution is 5.74. The molecule has 1 heterocycles. The molecule has 79 heavy (non-hydrogen) atoms. The van der Waals surface area contributed by atoms with Crippen molar-refractivity contribution < 1.29 is 58.2 Å². The van der Waals surface area contributed by atoms with Crippen molar-refractivity contribution in [3.63, 3.8) is 0 Å². The maximum atomic E-state index is 13.2. The summed E-state index contributed by atoms with van der Waals surface area (Å²) in [4.78, 5) is 51.3. The van der Waals surface area contributed by atoms with Crippen LogP contribution in [0, 0.1) is 0 Å². The zero-order valence-corrected chi connectivity index (χ0v) is 50.4. The molecule has 1 saturated heterocycles. The van der Waals surface area contributed by atoms with Gasteiger partial charge >= 0.3 is 23.9 Å². The molecule has 0 radical (unpaired) electrons. The fourth-order valence-electron chi connectivity index (χ4n) is 9.54. The van der Waals surface area contributed by atoms with Crippen LogP contribution in [0.15, 0.2) is 60.8 Å². The molecule has 0 saturated carbocycles. The number of rotatable bonds is 55. The fraction of sp³-hybridized carbons (Fsp3) is 0.791. The number of ether oxygens (including phenoxy) is 5. The van der Waals surface area contributed by atoms with Gasteiger partial charge in [-0.2, -0.15) is 0 Å². The molecule has 0 spiro atoms. The van der Waals surface area contributed by atoms with E-state index in [0.29, 0.717) is 19.3 Å². The first-order valence-electron chi connectivity index (χ1n) is 32.3. The van der Waals surface area contributed by atoms with Gasteiger partial charge in [0.2, 0.25) is 0 Å². The predicted octanol–water partition coefficient (Wildman–Crippen LogP) is 17.1. The number of hydrogen-bond acceptors (Lipinski definition) is 11. The summed E-state index contributed by atoms with van der Waals surface area (Å²) in [5.74, 6) is -3.14. The monoisotopic (exact) mass is 1110 g/mol. The third-order valence-electron chi connectivity index (χ3n) is 14.5. The summed E-state index contributed by atoms with van der Waals surface area (Å²) in [7, 11) is 0. The highest BCUT2D eigenvalue weighted by Gasteiger charge is 2.50. The number of aliphatic carboxylic acids is 1. The molecule has 0 aromatic rings. The number of carboxylic acid groups (broad SMARTS) is 1. The topological polar surface area (TPSA) is 175 Å². The standard InChI is InChI=1S/C67H116O12/c1-4-7-10-13-16-19-22-25-28-29-30-31-34-35-38-41-44-47-50-53-59(68)75-56-58(77-60(69)54-51-48-45-42-39-36-32-26-23-20-17-14-11-8-5-2)57-76-67-65(63(72)62(71)64(79-67)66(73)74)78-61(70)55-52-49-46-43-40-37-33-27-24-21-18-15-12-9-6-3/h16,18-19,21,25-28,32-33,58,62-65,67,71-72H,4-15,17,20,22-24,29-31,34-57H2,1-3H3,(H,73,74)/b19-16-,21-18-,28-25-,32-26-,33-27-. The minimum absolute atomic E-state index is 0.0433. The van der Waals surface area contributed by atoms with Crippen LogP contribution in [0.3, 0.4) is 0 Å². The van der Waals surface area contributed by atoms with Crippen LogP contribution >= 0.6 is 0 Å². The zero-order chi connectivity index (χ0) is 57.5. The van der Waals surface area contributed by atoms with Crippen molar-refractivity contribution in [2.24, 2.45) is 0 Å². The lowest BCUT2D eigenvalue weighted by Gasteiger charge is -2.40. The second kappa shape index (κ2) is 55.0. The molecule has 12 nitrogen and oxygen atoms in total. The summed E-state index contributed by atoms with van der Waals surface area (Å²) in [6, 6.07) is 0. The summed E-state index contributed by atoms with van der Waals surface area (Å²) >= 11 is 0. The van der Waals surface area contributed by atoms with Gasteiger partial charge in [0.05, 0.1) is 6.61 Å². The van der Waals surface area contributed by atoms with Crippen LogP contribution in [0.5, 0.6) is 0 Å². The van der Waals surface area contributed by atoms with Crippen molar-refractivity contribution in [1.29, 1.82) is 0 Å². The molecule has 12 heteroatoms. The number of allylic oxidation sites excluding steroid dienone is 10. The van der Waals surface area contributed by atoms with Crippen molar-refractivity contribution in [3.8, 4) is 0 Å². The van der Waals surface area contributed by atoms with E-state index in [1.165, 1.54) is 116 Å². The Bertz CT molecular complexity index is 1600. The smallest absolute Gasteiger partial charge is 0.335 e. The molecule has 1 rings (SSSR count). The molecule has 6 unspecified atom stereocenters. The molecule has 0 amide bonds. The van der Waals surface area contributed by atoms with E-state index in [0.717, 1.165) is 116 Å². The number of esters is 3. The van der Waals surface area contributed by atoms with Crippen LogP contribution in [-0.2, 0) is 42.9 Å². The van der Waals surface area contributed by atoms with E-state index in [9.17, 15) is 34.5 Å². The van der Waals surface area contributed by atoms with E-state index in [1.54, 1.807) is 0 Å². The molecule has 1 fully saturated rings. The van der Waals surface area contributed by atoms with E-state index in [2.05, 4.69) is 81.5 Å². The van der Waals surface area contributed by atoms with Gasteiger partial charge in [-0.25, -0.2) is 4.79 Å².